The lowest BCUT2D eigenvalue weighted by Gasteiger charge is -2.14. The highest BCUT2D eigenvalue weighted by Gasteiger charge is 2.10. The number of hydrogen-bond acceptors (Lipinski definition) is 3. The lowest BCUT2D eigenvalue weighted by molar-refractivity contribution is 0.0940. The molecular formula is C21H19N3O. The number of nitrogens with one attached hydrogen (secondary N) is 1. The van der Waals surface area contributed by atoms with Crippen LogP contribution in [0.3, 0.4) is 0 Å². The Balaban J connectivity index is 1.63. The van der Waals surface area contributed by atoms with E-state index >= 15 is 0 Å². The SMILES string of the molecule is CC(NC(=O)c1ccc(N=Nc2ccccc2)cc1)c1ccccc1. The maximum absolute atomic E-state index is 12.4. The number of nitrogens with zero attached hydrogens (tertiary/aromatic N) is 2. The molecule has 0 aliphatic rings. The van der Waals surface area contributed by atoms with Gasteiger partial charge in [0.2, 0.25) is 0 Å². The van der Waals surface area contributed by atoms with Gasteiger partial charge in [0, 0.05) is 5.56 Å². The predicted molar refractivity (Wildman–Crippen MR) is 99.4 cm³/mol. The van der Waals surface area contributed by atoms with Gasteiger partial charge in [-0.3, -0.25) is 4.79 Å². The van der Waals surface area contributed by atoms with E-state index < -0.39 is 0 Å². The van der Waals surface area contributed by atoms with Crippen molar-refractivity contribution in [1.82, 2.24) is 5.32 Å². The molecule has 1 N–H and O–H groups in total. The number of amides is 1. The van der Waals surface area contributed by atoms with E-state index in [0.717, 1.165) is 11.3 Å². The zero-order chi connectivity index (χ0) is 17.5. The number of carbonyl (C=O) groups excluding carboxylic acids is 1. The van der Waals surface area contributed by atoms with Gasteiger partial charge < -0.3 is 5.32 Å². The Hall–Kier alpha value is -3.27. The monoisotopic (exact) mass is 329 g/mol. The molecule has 0 aromatic heterocycles. The fourth-order valence-corrected chi connectivity index (χ4v) is 2.39. The largest absolute Gasteiger partial charge is 0.346 e. The summed E-state index contributed by atoms with van der Waals surface area (Å²) < 4.78 is 0. The molecule has 25 heavy (non-hydrogen) atoms. The molecule has 3 aromatic rings. The van der Waals surface area contributed by atoms with Gasteiger partial charge in [-0.15, -0.1) is 0 Å². The molecule has 4 heteroatoms. The van der Waals surface area contributed by atoms with Crippen molar-refractivity contribution in [2.75, 3.05) is 0 Å². The maximum atomic E-state index is 12.4. The molecule has 1 atom stereocenters. The maximum Gasteiger partial charge on any atom is 0.251 e. The minimum atomic E-state index is -0.108. The van der Waals surface area contributed by atoms with Gasteiger partial charge in [0.1, 0.15) is 0 Å². The standard InChI is InChI=1S/C21H19N3O/c1-16(17-8-4-2-5-9-17)22-21(25)18-12-14-20(15-13-18)24-23-19-10-6-3-7-11-19/h2-16H,1H3,(H,22,25). The highest BCUT2D eigenvalue weighted by molar-refractivity contribution is 5.94. The fraction of sp³-hybridized carbons (Fsp3) is 0.0952. The van der Waals surface area contributed by atoms with Crippen LogP contribution in [-0.4, -0.2) is 5.91 Å². The van der Waals surface area contributed by atoms with E-state index in [4.69, 9.17) is 0 Å². The van der Waals surface area contributed by atoms with E-state index in [1.165, 1.54) is 0 Å². The molecule has 3 rings (SSSR count). The van der Waals surface area contributed by atoms with Crippen LogP contribution in [0, 0.1) is 0 Å². The van der Waals surface area contributed by atoms with Crippen LogP contribution in [0.1, 0.15) is 28.9 Å². The smallest absolute Gasteiger partial charge is 0.251 e. The van der Waals surface area contributed by atoms with Gasteiger partial charge in [-0.1, -0.05) is 48.5 Å². The van der Waals surface area contributed by atoms with Crippen LogP contribution in [0.15, 0.2) is 95.2 Å². The van der Waals surface area contributed by atoms with Crippen LogP contribution >= 0.6 is 0 Å². The van der Waals surface area contributed by atoms with Crippen molar-refractivity contribution in [1.29, 1.82) is 0 Å². The number of hydrogen-bond donors (Lipinski definition) is 1. The molecule has 0 aliphatic heterocycles. The molecular weight excluding hydrogens is 310 g/mol. The zero-order valence-corrected chi connectivity index (χ0v) is 14.0. The molecule has 0 radical (unpaired) electrons. The first-order chi connectivity index (χ1) is 12.2. The second-order valence-corrected chi connectivity index (χ2v) is 5.69. The number of azo groups is 1. The number of benzene rings is 3. The van der Waals surface area contributed by atoms with Crippen LogP contribution in [0.25, 0.3) is 0 Å². The molecule has 0 heterocycles. The van der Waals surface area contributed by atoms with Crippen molar-refractivity contribution in [2.24, 2.45) is 10.2 Å². The molecule has 0 saturated carbocycles. The topological polar surface area (TPSA) is 53.8 Å². The number of carbonyl (C=O) groups is 1. The molecule has 0 aliphatic carbocycles. The van der Waals surface area contributed by atoms with E-state index in [0.29, 0.717) is 11.3 Å². The molecule has 0 spiro atoms. The average Bonchev–Trinajstić information content (AvgIpc) is 2.68. The minimum Gasteiger partial charge on any atom is -0.346 e. The van der Waals surface area contributed by atoms with Gasteiger partial charge in [-0.2, -0.15) is 10.2 Å². The van der Waals surface area contributed by atoms with Crippen molar-refractivity contribution in [2.45, 2.75) is 13.0 Å². The Bertz CT molecular complexity index is 843. The van der Waals surface area contributed by atoms with E-state index in [1.807, 2.05) is 67.6 Å². The van der Waals surface area contributed by atoms with Crippen molar-refractivity contribution in [3.8, 4) is 0 Å². The summed E-state index contributed by atoms with van der Waals surface area (Å²) >= 11 is 0. The summed E-state index contributed by atoms with van der Waals surface area (Å²) in [6, 6.07) is 26.4. The van der Waals surface area contributed by atoms with Gasteiger partial charge in [-0.25, -0.2) is 0 Å². The third-order valence-corrected chi connectivity index (χ3v) is 3.81. The Morgan fingerprint density at radius 3 is 1.88 bits per heavy atom. The van der Waals surface area contributed by atoms with Gasteiger partial charge in [0.05, 0.1) is 17.4 Å². The third-order valence-electron chi connectivity index (χ3n) is 3.81. The zero-order valence-electron chi connectivity index (χ0n) is 14.0. The second-order valence-electron chi connectivity index (χ2n) is 5.69. The Morgan fingerprint density at radius 1 is 0.760 bits per heavy atom. The summed E-state index contributed by atoms with van der Waals surface area (Å²) in [5.74, 6) is -0.108. The lowest BCUT2D eigenvalue weighted by atomic mass is 10.1. The molecule has 1 amide bonds. The third kappa shape index (κ3) is 4.61. The fourth-order valence-electron chi connectivity index (χ4n) is 2.39. The van der Waals surface area contributed by atoms with Crippen molar-refractivity contribution in [3.63, 3.8) is 0 Å². The highest BCUT2D eigenvalue weighted by Crippen LogP contribution is 2.19. The summed E-state index contributed by atoms with van der Waals surface area (Å²) in [6.45, 7) is 1.97. The first-order valence-electron chi connectivity index (χ1n) is 8.15. The van der Waals surface area contributed by atoms with E-state index in [-0.39, 0.29) is 11.9 Å². The average molecular weight is 329 g/mol. The Kier molecular flexibility index (Phi) is 5.32. The molecule has 0 saturated heterocycles. The van der Waals surface area contributed by atoms with E-state index in [2.05, 4.69) is 15.5 Å². The Morgan fingerprint density at radius 2 is 1.28 bits per heavy atom. The van der Waals surface area contributed by atoms with Crippen LogP contribution in [0.4, 0.5) is 11.4 Å². The molecule has 1 unspecified atom stereocenters. The predicted octanol–water partition coefficient (Wildman–Crippen LogP) is 5.59. The molecule has 124 valence electrons. The van der Waals surface area contributed by atoms with Crippen molar-refractivity contribution < 1.29 is 4.79 Å². The highest BCUT2D eigenvalue weighted by atomic mass is 16.1. The van der Waals surface area contributed by atoms with E-state index in [1.54, 1.807) is 24.3 Å². The second kappa shape index (κ2) is 8.02. The van der Waals surface area contributed by atoms with Crippen molar-refractivity contribution >= 4 is 17.3 Å². The summed E-state index contributed by atoms with van der Waals surface area (Å²) in [5.41, 5.74) is 3.17. The van der Waals surface area contributed by atoms with Crippen LogP contribution in [0.2, 0.25) is 0 Å². The summed E-state index contributed by atoms with van der Waals surface area (Å²) in [7, 11) is 0. The molecule has 4 nitrogen and oxygen atoms in total. The normalized spacial score (nSPS) is 12.0. The van der Waals surface area contributed by atoms with Crippen LogP contribution in [-0.2, 0) is 0 Å². The summed E-state index contributed by atoms with van der Waals surface area (Å²) in [4.78, 5) is 12.4. The summed E-state index contributed by atoms with van der Waals surface area (Å²) in [6.07, 6.45) is 0. The van der Waals surface area contributed by atoms with Gasteiger partial charge in [0.15, 0.2) is 0 Å². The summed E-state index contributed by atoms with van der Waals surface area (Å²) in [5, 5.41) is 11.3. The molecule has 0 bridgehead atoms. The van der Waals surface area contributed by atoms with Gasteiger partial charge in [0.25, 0.3) is 5.91 Å². The van der Waals surface area contributed by atoms with E-state index in [9.17, 15) is 4.79 Å². The first kappa shape index (κ1) is 16.6. The molecule has 0 fully saturated rings. The van der Waals surface area contributed by atoms with Gasteiger partial charge in [-0.05, 0) is 48.9 Å². The molecule has 3 aromatic carbocycles. The van der Waals surface area contributed by atoms with Crippen molar-refractivity contribution in [3.05, 3.63) is 96.1 Å². The van der Waals surface area contributed by atoms with Crippen LogP contribution < -0.4 is 5.32 Å². The Labute approximate surface area is 147 Å². The quantitative estimate of drug-likeness (QED) is 0.609. The van der Waals surface area contributed by atoms with Crippen LogP contribution in [0.5, 0.6) is 0 Å². The lowest BCUT2D eigenvalue weighted by Crippen LogP contribution is -2.26. The van der Waals surface area contributed by atoms with Gasteiger partial charge >= 0.3 is 0 Å². The first-order valence-corrected chi connectivity index (χ1v) is 8.15. The minimum absolute atomic E-state index is 0.0499. The number of rotatable bonds is 5.